The van der Waals surface area contributed by atoms with Crippen LogP contribution in [0.1, 0.15) is 38.2 Å². The Labute approximate surface area is 298 Å². The molecule has 2 aromatic carbocycles. The minimum atomic E-state index is -1.12. The molecule has 0 aliphatic carbocycles. The number of amides is 1. The normalized spacial score (nSPS) is 20.4. The Hall–Kier alpha value is -5.90. The van der Waals surface area contributed by atoms with E-state index in [0.717, 1.165) is 18.5 Å². The van der Waals surface area contributed by atoms with Gasteiger partial charge < -0.3 is 25.0 Å². The number of phenolic OH excluding ortho intramolecular Hbond substituents is 1. The predicted octanol–water partition coefficient (Wildman–Crippen LogP) is 6.25. The summed E-state index contributed by atoms with van der Waals surface area (Å²) < 4.78 is 53.2. The third-order valence-corrected chi connectivity index (χ3v) is 9.76. The van der Waals surface area contributed by atoms with E-state index in [9.17, 15) is 18.7 Å². The number of carbonyl (C=O) groups excluding carboxylic acids is 1. The fourth-order valence-electron chi connectivity index (χ4n) is 7.34. The molecule has 7 rings (SSSR count). The van der Waals surface area contributed by atoms with Crippen LogP contribution in [0, 0.1) is 24.0 Å². The summed E-state index contributed by atoms with van der Waals surface area (Å²) in [5, 5.41) is 14.4. The van der Waals surface area contributed by atoms with Gasteiger partial charge in [-0.05, 0) is 68.0 Å². The molecular formula is C39H36F3N7O3. The first-order chi connectivity index (χ1) is 25.1. The van der Waals surface area contributed by atoms with Crippen LogP contribution in [0.15, 0.2) is 67.6 Å². The van der Waals surface area contributed by atoms with Gasteiger partial charge in [0.2, 0.25) is 5.91 Å². The summed E-state index contributed by atoms with van der Waals surface area (Å²) in [5.74, 6) is 0.622. The molecule has 3 atom stereocenters. The number of nitrogens with zero attached hydrogens (tertiary/aromatic N) is 6. The number of aromatic nitrogens is 4. The average Bonchev–Trinajstić information content (AvgIpc) is 3.27. The zero-order chi connectivity index (χ0) is 36.6. The molecule has 0 saturated carbocycles. The van der Waals surface area contributed by atoms with E-state index < -0.39 is 23.3 Å². The Morgan fingerprint density at radius 1 is 1.21 bits per heavy atom. The van der Waals surface area contributed by atoms with Gasteiger partial charge in [-0.1, -0.05) is 18.6 Å². The number of halogens is 3. The maximum Gasteiger partial charge on any atom is 0.319 e. The van der Waals surface area contributed by atoms with Gasteiger partial charge in [0.25, 0.3) is 0 Å². The quantitative estimate of drug-likeness (QED) is 0.143. The number of anilines is 2. The first kappa shape index (κ1) is 34.5. The molecule has 0 radical (unpaired) electrons. The number of rotatable bonds is 8. The third kappa shape index (κ3) is 6.52. The molecule has 0 spiro atoms. The number of benzene rings is 2. The van der Waals surface area contributed by atoms with Crippen molar-refractivity contribution in [3.8, 4) is 35.4 Å². The maximum atomic E-state index is 17.0. The number of terminal acetylenes is 1. The lowest BCUT2D eigenvalue weighted by Gasteiger charge is -2.36. The highest BCUT2D eigenvalue weighted by molar-refractivity contribution is 6.03. The molecule has 266 valence electrons. The highest BCUT2D eigenvalue weighted by Gasteiger charge is 2.43. The molecule has 5 aromatic rings. The van der Waals surface area contributed by atoms with Crippen LogP contribution >= 0.6 is 0 Å². The molecule has 2 aliphatic rings. The number of pyridine rings is 2. The molecule has 5 heterocycles. The number of aromatic hydroxyl groups is 1. The van der Waals surface area contributed by atoms with Crippen LogP contribution in [0.3, 0.4) is 0 Å². The van der Waals surface area contributed by atoms with Gasteiger partial charge in [-0.3, -0.25) is 14.8 Å². The summed E-state index contributed by atoms with van der Waals surface area (Å²) in [6, 6.07) is 8.54. The van der Waals surface area contributed by atoms with Crippen LogP contribution in [0.2, 0.25) is 0 Å². The van der Waals surface area contributed by atoms with Crippen molar-refractivity contribution >= 4 is 39.1 Å². The minimum Gasteiger partial charge on any atom is -0.508 e. The van der Waals surface area contributed by atoms with Crippen molar-refractivity contribution in [3.05, 3.63) is 84.8 Å². The van der Waals surface area contributed by atoms with Crippen LogP contribution < -0.4 is 19.9 Å². The summed E-state index contributed by atoms with van der Waals surface area (Å²) >= 11 is 0. The molecule has 2 saturated heterocycles. The molecule has 2 N–H and O–H groups in total. The number of nitrogens with one attached hydrogen (secondary N) is 1. The predicted molar refractivity (Wildman–Crippen MR) is 193 cm³/mol. The summed E-state index contributed by atoms with van der Waals surface area (Å²) in [5.41, 5.74) is -0.474. The Kier molecular flexibility index (Phi) is 9.31. The molecule has 10 nitrogen and oxygen atoms in total. The van der Waals surface area contributed by atoms with Crippen LogP contribution in [-0.2, 0) is 4.79 Å². The van der Waals surface area contributed by atoms with Crippen molar-refractivity contribution in [1.29, 1.82) is 0 Å². The number of ether oxygens (including phenoxy) is 1. The number of hydrogen-bond donors (Lipinski definition) is 2. The van der Waals surface area contributed by atoms with Crippen LogP contribution in [0.25, 0.3) is 32.9 Å². The van der Waals surface area contributed by atoms with Crippen molar-refractivity contribution < 1.29 is 27.8 Å². The third-order valence-electron chi connectivity index (χ3n) is 9.76. The van der Waals surface area contributed by atoms with Crippen molar-refractivity contribution in [2.24, 2.45) is 0 Å². The monoisotopic (exact) mass is 707 g/mol. The van der Waals surface area contributed by atoms with Crippen molar-refractivity contribution in [1.82, 2.24) is 25.3 Å². The molecule has 2 aliphatic heterocycles. The largest absolute Gasteiger partial charge is 0.508 e. The number of alkyl halides is 1. The van der Waals surface area contributed by atoms with E-state index in [1.54, 1.807) is 18.5 Å². The highest BCUT2D eigenvalue weighted by atomic mass is 19.1. The number of carbonyl (C=O) groups is 1. The lowest BCUT2D eigenvalue weighted by atomic mass is 9.96. The Bertz CT molecular complexity index is 2230. The van der Waals surface area contributed by atoms with E-state index in [0.29, 0.717) is 30.7 Å². The van der Waals surface area contributed by atoms with Crippen LogP contribution in [0.4, 0.5) is 24.7 Å². The molecule has 2 fully saturated rings. The maximum absolute atomic E-state index is 17.0. The second kappa shape index (κ2) is 14.0. The smallest absolute Gasteiger partial charge is 0.319 e. The van der Waals surface area contributed by atoms with Crippen molar-refractivity contribution in [2.75, 3.05) is 36.0 Å². The van der Waals surface area contributed by atoms with E-state index in [4.69, 9.17) is 16.1 Å². The second-order valence-corrected chi connectivity index (χ2v) is 13.4. The van der Waals surface area contributed by atoms with E-state index >= 15 is 4.39 Å². The highest BCUT2D eigenvalue weighted by Crippen LogP contribution is 2.40. The van der Waals surface area contributed by atoms with Gasteiger partial charge in [0, 0.05) is 48.9 Å². The van der Waals surface area contributed by atoms with Gasteiger partial charge in [-0.25, -0.2) is 13.2 Å². The van der Waals surface area contributed by atoms with Crippen LogP contribution in [0.5, 0.6) is 11.8 Å². The van der Waals surface area contributed by atoms with Gasteiger partial charge in [0.1, 0.15) is 41.4 Å². The molecular weight excluding hydrogens is 671 g/mol. The average molecular weight is 708 g/mol. The summed E-state index contributed by atoms with van der Waals surface area (Å²) in [6.45, 7) is 6.43. The van der Waals surface area contributed by atoms with Crippen molar-refractivity contribution in [3.63, 3.8) is 0 Å². The zero-order valence-electron chi connectivity index (χ0n) is 28.5. The Morgan fingerprint density at radius 3 is 2.83 bits per heavy atom. The number of fused-ring (bicyclic) bond motifs is 2. The topological polar surface area (TPSA) is 117 Å². The van der Waals surface area contributed by atoms with E-state index in [-0.39, 0.29) is 76.4 Å². The lowest BCUT2D eigenvalue weighted by molar-refractivity contribution is -0.117. The van der Waals surface area contributed by atoms with Gasteiger partial charge in [0.15, 0.2) is 5.82 Å². The van der Waals surface area contributed by atoms with Gasteiger partial charge in [0.05, 0.1) is 34.9 Å². The summed E-state index contributed by atoms with van der Waals surface area (Å²) in [4.78, 5) is 34.1. The van der Waals surface area contributed by atoms with Crippen LogP contribution in [-0.4, -0.2) is 74.9 Å². The SMILES string of the molecule is C#Cc1c(F)ccc2cc(O)cc(-c3ncc4c(N5CCCCC(NC(=O)C=C)C5)nc(OC[C@]5(C)C[C@@H](F)CN5c5cccnc5)nc4c3F)c12. The van der Waals surface area contributed by atoms with Gasteiger partial charge in [-0.15, -0.1) is 6.42 Å². The van der Waals surface area contributed by atoms with E-state index in [1.165, 1.54) is 36.5 Å². The fraction of sp³-hybridized carbons (Fsp3) is 0.308. The molecule has 1 unspecified atom stereocenters. The molecule has 13 heteroatoms. The van der Waals surface area contributed by atoms with Gasteiger partial charge >= 0.3 is 6.01 Å². The minimum absolute atomic E-state index is 0.0349. The molecule has 3 aromatic heterocycles. The lowest BCUT2D eigenvalue weighted by Crippen LogP contribution is -2.46. The Morgan fingerprint density at radius 2 is 2.06 bits per heavy atom. The Balaban J connectivity index is 1.36. The summed E-state index contributed by atoms with van der Waals surface area (Å²) in [7, 11) is 0. The number of phenols is 1. The second-order valence-electron chi connectivity index (χ2n) is 13.4. The standard InChI is InChI=1S/C39H36F3N7O3/c1-4-28-31(41)12-11-23-15-27(50)16-29(33(23)28)35-34(42)36-30(19-44-35)37(48-14-7-6-9-25(21-48)45-32(51)5-2)47-38(46-36)52-22-39(3)17-24(40)20-49(39)26-10-8-13-43-18-26/h1,5,8,10-13,15-16,18-19,24-25,50H,2,6-7,9,14,17,20-22H2,3H3,(H,45,51)/t24-,25?,39+/m1/s1. The molecule has 1 amide bonds. The fourth-order valence-corrected chi connectivity index (χ4v) is 7.34. The van der Waals surface area contributed by atoms with Gasteiger partial charge in [-0.2, -0.15) is 9.97 Å². The zero-order valence-corrected chi connectivity index (χ0v) is 28.5. The molecule has 52 heavy (non-hydrogen) atoms. The molecule has 0 bridgehead atoms. The first-order valence-corrected chi connectivity index (χ1v) is 17.0. The summed E-state index contributed by atoms with van der Waals surface area (Å²) in [6.07, 6.45) is 13.0. The number of hydrogen-bond acceptors (Lipinski definition) is 9. The van der Waals surface area contributed by atoms with E-state index in [1.807, 2.05) is 22.8 Å². The van der Waals surface area contributed by atoms with Crippen molar-refractivity contribution in [2.45, 2.75) is 50.4 Å². The van der Waals surface area contributed by atoms with E-state index in [2.05, 4.69) is 32.8 Å². The first-order valence-electron chi connectivity index (χ1n) is 17.0.